The van der Waals surface area contributed by atoms with Crippen molar-refractivity contribution in [1.82, 2.24) is 4.98 Å². The number of fused-ring (bicyclic) bond motifs is 1. The van der Waals surface area contributed by atoms with Crippen LogP contribution in [0.2, 0.25) is 0 Å². The molecule has 8 nitrogen and oxygen atoms in total. The molecule has 1 fully saturated rings. The third-order valence-corrected chi connectivity index (χ3v) is 6.66. The number of nitrogens with zero attached hydrogens (tertiary/aromatic N) is 2. The van der Waals surface area contributed by atoms with Crippen molar-refractivity contribution >= 4 is 32.8 Å². The van der Waals surface area contributed by atoms with Crippen LogP contribution >= 0.6 is 0 Å². The van der Waals surface area contributed by atoms with Gasteiger partial charge in [0.1, 0.15) is 21.9 Å². The van der Waals surface area contributed by atoms with Gasteiger partial charge in [0.15, 0.2) is 5.58 Å². The predicted molar refractivity (Wildman–Crippen MR) is 122 cm³/mol. The maximum absolute atomic E-state index is 13.1. The minimum absolute atomic E-state index is 0.0468. The Bertz CT molecular complexity index is 1450. The van der Waals surface area contributed by atoms with E-state index in [0.29, 0.717) is 35.6 Å². The molecule has 0 aliphatic carbocycles. The maximum Gasteiger partial charge on any atom is 0.343 e. The molecule has 1 amide bonds. The van der Waals surface area contributed by atoms with Gasteiger partial charge in [-0.2, -0.15) is 8.42 Å². The highest BCUT2D eigenvalue weighted by atomic mass is 32.2. The van der Waals surface area contributed by atoms with Gasteiger partial charge in [-0.15, -0.1) is 0 Å². The smallest absolute Gasteiger partial charge is 0.343 e. The zero-order chi connectivity index (χ0) is 23.0. The molecule has 9 heteroatoms. The van der Waals surface area contributed by atoms with Gasteiger partial charge >= 0.3 is 10.1 Å². The molecule has 0 atom stereocenters. The van der Waals surface area contributed by atoms with Crippen molar-refractivity contribution in [3.05, 3.63) is 66.7 Å². The van der Waals surface area contributed by atoms with Gasteiger partial charge in [-0.1, -0.05) is 18.2 Å². The van der Waals surface area contributed by atoms with Crippen molar-refractivity contribution in [3.63, 3.8) is 0 Å². The first-order chi connectivity index (χ1) is 15.9. The molecule has 1 aliphatic heterocycles. The molecular weight excluding hydrogens is 444 g/mol. The SMILES string of the molecule is COc1ccc(N2CCCC2=O)cc1S(=O)(=O)Oc1ccc2nc(-c3ccccc3)oc2c1. The lowest BCUT2D eigenvalue weighted by molar-refractivity contribution is -0.117. The minimum Gasteiger partial charge on any atom is -0.495 e. The first kappa shape index (κ1) is 21.0. The zero-order valence-electron chi connectivity index (χ0n) is 17.7. The summed E-state index contributed by atoms with van der Waals surface area (Å²) in [5.41, 5.74) is 2.26. The second-order valence-corrected chi connectivity index (χ2v) is 9.05. The first-order valence-corrected chi connectivity index (χ1v) is 11.7. The Kier molecular flexibility index (Phi) is 5.26. The van der Waals surface area contributed by atoms with E-state index < -0.39 is 10.1 Å². The van der Waals surface area contributed by atoms with Gasteiger partial charge in [-0.3, -0.25) is 4.79 Å². The average Bonchev–Trinajstić information content (AvgIpc) is 3.45. The molecule has 0 saturated carbocycles. The fraction of sp³-hybridized carbons (Fsp3) is 0.167. The third kappa shape index (κ3) is 4.03. The second-order valence-electron chi connectivity index (χ2n) is 7.54. The highest BCUT2D eigenvalue weighted by Crippen LogP contribution is 2.34. The number of carbonyl (C=O) groups excluding carboxylic acids is 1. The van der Waals surface area contributed by atoms with Gasteiger partial charge < -0.3 is 18.2 Å². The minimum atomic E-state index is -4.26. The summed E-state index contributed by atoms with van der Waals surface area (Å²) in [6, 6.07) is 18.6. The van der Waals surface area contributed by atoms with E-state index in [-0.39, 0.29) is 22.3 Å². The van der Waals surface area contributed by atoms with E-state index in [1.54, 1.807) is 17.0 Å². The van der Waals surface area contributed by atoms with E-state index in [2.05, 4.69) is 4.98 Å². The standard InChI is InChI=1S/C24H20N2O6S/c1-30-20-12-9-17(26-13-5-8-23(26)27)14-22(20)33(28,29)32-18-10-11-19-21(15-18)31-24(25-19)16-6-3-2-4-7-16/h2-4,6-7,9-12,14-15H,5,8,13H2,1H3. The molecule has 0 spiro atoms. The van der Waals surface area contributed by atoms with Gasteiger partial charge in [0, 0.05) is 30.3 Å². The number of benzene rings is 3. The average molecular weight is 464 g/mol. The largest absolute Gasteiger partial charge is 0.495 e. The van der Waals surface area contributed by atoms with Gasteiger partial charge in [-0.05, 0) is 48.9 Å². The van der Waals surface area contributed by atoms with Crippen LogP contribution in [-0.4, -0.2) is 33.0 Å². The fourth-order valence-corrected chi connectivity index (χ4v) is 4.89. The molecule has 1 aliphatic rings. The molecule has 0 radical (unpaired) electrons. The van der Waals surface area contributed by atoms with Crippen LogP contribution in [0.5, 0.6) is 11.5 Å². The molecule has 33 heavy (non-hydrogen) atoms. The van der Waals surface area contributed by atoms with Crippen LogP contribution in [0.1, 0.15) is 12.8 Å². The van der Waals surface area contributed by atoms with Crippen molar-refractivity contribution in [3.8, 4) is 23.0 Å². The Hall–Kier alpha value is -3.85. The lowest BCUT2D eigenvalue weighted by atomic mass is 10.2. The molecular formula is C24H20N2O6S. The number of methoxy groups -OCH3 is 1. The Balaban J connectivity index is 1.47. The molecule has 0 unspecified atom stereocenters. The summed E-state index contributed by atoms with van der Waals surface area (Å²) >= 11 is 0. The summed E-state index contributed by atoms with van der Waals surface area (Å²) in [7, 11) is -2.89. The topological polar surface area (TPSA) is 98.9 Å². The molecule has 4 aromatic rings. The lowest BCUT2D eigenvalue weighted by Gasteiger charge is -2.18. The quantitative estimate of drug-likeness (QED) is 0.390. The lowest BCUT2D eigenvalue weighted by Crippen LogP contribution is -2.24. The van der Waals surface area contributed by atoms with Gasteiger partial charge in [0.2, 0.25) is 11.8 Å². The van der Waals surface area contributed by atoms with Crippen molar-refractivity contribution in [2.75, 3.05) is 18.6 Å². The third-order valence-electron chi connectivity index (χ3n) is 5.39. The number of hydrogen-bond donors (Lipinski definition) is 0. The number of rotatable bonds is 6. The number of anilines is 1. The van der Waals surface area contributed by atoms with E-state index in [0.717, 1.165) is 12.0 Å². The molecule has 1 aromatic heterocycles. The Morgan fingerprint density at radius 3 is 2.58 bits per heavy atom. The van der Waals surface area contributed by atoms with Gasteiger partial charge in [0.25, 0.3) is 0 Å². The van der Waals surface area contributed by atoms with Crippen LogP contribution in [0, 0.1) is 0 Å². The van der Waals surface area contributed by atoms with Crippen LogP contribution in [-0.2, 0) is 14.9 Å². The van der Waals surface area contributed by atoms with E-state index in [4.69, 9.17) is 13.3 Å². The van der Waals surface area contributed by atoms with Crippen LogP contribution in [0.25, 0.3) is 22.6 Å². The highest BCUT2D eigenvalue weighted by Gasteiger charge is 2.27. The number of oxazole rings is 1. The van der Waals surface area contributed by atoms with E-state index in [1.807, 2.05) is 30.3 Å². The Labute approximate surface area is 190 Å². The molecule has 2 heterocycles. The summed E-state index contributed by atoms with van der Waals surface area (Å²) in [6.07, 6.45) is 1.17. The molecule has 1 saturated heterocycles. The Morgan fingerprint density at radius 2 is 1.85 bits per heavy atom. The van der Waals surface area contributed by atoms with Crippen LogP contribution < -0.4 is 13.8 Å². The van der Waals surface area contributed by atoms with E-state index >= 15 is 0 Å². The second kappa shape index (κ2) is 8.25. The summed E-state index contributed by atoms with van der Waals surface area (Å²) in [5, 5.41) is 0. The van der Waals surface area contributed by atoms with Crippen molar-refractivity contribution < 1.29 is 26.5 Å². The number of amides is 1. The Morgan fingerprint density at radius 1 is 1.03 bits per heavy atom. The zero-order valence-corrected chi connectivity index (χ0v) is 18.5. The molecule has 0 N–H and O–H groups in total. The normalized spacial score (nSPS) is 14.1. The molecule has 5 rings (SSSR count). The van der Waals surface area contributed by atoms with Crippen LogP contribution in [0.3, 0.4) is 0 Å². The van der Waals surface area contributed by atoms with Gasteiger partial charge in [0.05, 0.1) is 7.11 Å². The monoisotopic (exact) mass is 464 g/mol. The fourth-order valence-electron chi connectivity index (χ4n) is 3.78. The van der Waals surface area contributed by atoms with Crippen molar-refractivity contribution in [1.29, 1.82) is 0 Å². The molecule has 3 aromatic carbocycles. The van der Waals surface area contributed by atoms with Crippen molar-refractivity contribution in [2.45, 2.75) is 17.7 Å². The molecule has 168 valence electrons. The summed E-state index contributed by atoms with van der Waals surface area (Å²) in [6.45, 7) is 0.539. The summed E-state index contributed by atoms with van der Waals surface area (Å²) in [4.78, 5) is 17.9. The highest BCUT2D eigenvalue weighted by molar-refractivity contribution is 7.87. The van der Waals surface area contributed by atoms with Crippen LogP contribution in [0.4, 0.5) is 5.69 Å². The van der Waals surface area contributed by atoms with E-state index in [9.17, 15) is 13.2 Å². The van der Waals surface area contributed by atoms with Gasteiger partial charge in [-0.25, -0.2) is 4.98 Å². The van der Waals surface area contributed by atoms with E-state index in [1.165, 1.54) is 31.4 Å². The van der Waals surface area contributed by atoms with Crippen molar-refractivity contribution in [2.24, 2.45) is 0 Å². The number of ether oxygens (including phenoxy) is 1. The summed E-state index contributed by atoms with van der Waals surface area (Å²) < 4.78 is 42.7. The number of hydrogen-bond acceptors (Lipinski definition) is 7. The predicted octanol–water partition coefficient (Wildman–Crippen LogP) is 4.40. The first-order valence-electron chi connectivity index (χ1n) is 10.3. The summed E-state index contributed by atoms with van der Waals surface area (Å²) in [5.74, 6) is 0.574. The maximum atomic E-state index is 13.1. The number of carbonyl (C=O) groups is 1. The molecule has 0 bridgehead atoms. The van der Waals surface area contributed by atoms with Crippen LogP contribution in [0.15, 0.2) is 76.0 Å². The number of aromatic nitrogens is 1.